The number of benzene rings is 2. The van der Waals surface area contributed by atoms with Crippen molar-refractivity contribution in [2.45, 2.75) is 53.4 Å². The third-order valence-electron chi connectivity index (χ3n) is 6.02. The number of rotatable bonds is 11. The maximum atomic E-state index is 5.05. The molecule has 0 bridgehead atoms. The number of alkyl halides is 2. The first kappa shape index (κ1) is 33.8. The van der Waals surface area contributed by atoms with E-state index in [1.54, 1.807) is 0 Å². The minimum absolute atomic E-state index is 0. The topological polar surface area (TPSA) is 6.48 Å². The minimum atomic E-state index is 0. The Morgan fingerprint density at radius 2 is 0.919 bits per heavy atom. The fourth-order valence-corrected chi connectivity index (χ4v) is 4.44. The van der Waals surface area contributed by atoms with Crippen LogP contribution in [0.15, 0.2) is 72.8 Å². The summed E-state index contributed by atoms with van der Waals surface area (Å²) in [6.07, 6.45) is 4.83. The average molecular weight is 619 g/mol. The van der Waals surface area contributed by atoms with Crippen LogP contribution >= 0.6 is 23.2 Å². The molecule has 4 aromatic carbocycles. The van der Waals surface area contributed by atoms with Crippen LogP contribution in [0, 0.1) is 0 Å². The quantitative estimate of drug-likeness (QED) is 0.122. The molecule has 4 aromatic rings. The molecule has 0 radical (unpaired) electrons. The monoisotopic (exact) mass is 616 g/mol. The van der Waals surface area contributed by atoms with Gasteiger partial charge in [0.05, 0.1) is 0 Å². The Kier molecular flexibility index (Phi) is 18.0. The number of hydrogen-bond donors (Lipinski definition) is 0. The second-order valence-corrected chi connectivity index (χ2v) is 9.79. The van der Waals surface area contributed by atoms with E-state index in [0.717, 1.165) is 26.2 Å². The van der Waals surface area contributed by atoms with Crippen molar-refractivity contribution in [2.75, 3.05) is 47.7 Å². The summed E-state index contributed by atoms with van der Waals surface area (Å²) in [4.78, 5) is 4.96. The van der Waals surface area contributed by atoms with Gasteiger partial charge in [0.2, 0.25) is 0 Å². The molecule has 0 aliphatic rings. The molecule has 0 aliphatic heterocycles. The normalized spacial score (nSPS) is 10.2. The molecular formula is C32H44Cl2N2Zr. The smallest absolute Gasteiger partial charge is 0.379 e. The van der Waals surface area contributed by atoms with Crippen molar-refractivity contribution < 1.29 is 26.2 Å². The van der Waals surface area contributed by atoms with Crippen LogP contribution in [0.5, 0.6) is 0 Å². The van der Waals surface area contributed by atoms with Gasteiger partial charge in [0, 0.05) is 37.9 Å². The van der Waals surface area contributed by atoms with Gasteiger partial charge in [-0.25, -0.2) is 0 Å². The van der Waals surface area contributed by atoms with Gasteiger partial charge in [-0.1, -0.05) is 39.8 Å². The van der Waals surface area contributed by atoms with Crippen LogP contribution in [0.2, 0.25) is 0 Å². The largest absolute Gasteiger partial charge is 2.00 e. The van der Waals surface area contributed by atoms with Gasteiger partial charge in [0.1, 0.15) is 0 Å². The molecule has 5 heteroatoms. The van der Waals surface area contributed by atoms with Crippen molar-refractivity contribution in [3.05, 3.63) is 72.8 Å². The Morgan fingerprint density at radius 1 is 0.568 bits per heavy atom. The van der Waals surface area contributed by atoms with E-state index in [2.05, 4.69) is 110 Å². The van der Waals surface area contributed by atoms with Crippen LogP contribution < -0.4 is 9.80 Å². The molecule has 0 saturated carbocycles. The Balaban J connectivity index is 0.000000316. The maximum absolute atomic E-state index is 5.05. The number of hydrogen-bond acceptors (Lipinski definition) is 2. The predicted octanol–water partition coefficient (Wildman–Crippen LogP) is 9.83. The Hall–Kier alpha value is -1.28. The third kappa shape index (κ3) is 11.2. The van der Waals surface area contributed by atoms with E-state index in [0.29, 0.717) is 11.8 Å². The molecule has 37 heavy (non-hydrogen) atoms. The van der Waals surface area contributed by atoms with E-state index in [4.69, 9.17) is 23.2 Å². The maximum Gasteiger partial charge on any atom is 2.00 e. The van der Waals surface area contributed by atoms with Crippen molar-refractivity contribution >= 4 is 56.1 Å². The Labute approximate surface area is 254 Å². The Morgan fingerprint density at radius 3 is 1.22 bits per heavy atom. The molecule has 0 saturated heterocycles. The van der Waals surface area contributed by atoms with Crippen molar-refractivity contribution in [2.24, 2.45) is 0 Å². The van der Waals surface area contributed by atoms with Gasteiger partial charge >= 0.3 is 26.2 Å². The van der Waals surface area contributed by atoms with Crippen LogP contribution in [0.3, 0.4) is 0 Å². The fourth-order valence-electron chi connectivity index (χ4n) is 4.44. The average Bonchev–Trinajstić information content (AvgIpc) is 3.57. The van der Waals surface area contributed by atoms with E-state index >= 15 is 0 Å². The summed E-state index contributed by atoms with van der Waals surface area (Å²) in [6, 6.07) is 26.5. The zero-order valence-electron chi connectivity index (χ0n) is 23.1. The van der Waals surface area contributed by atoms with Gasteiger partial charge in [0.25, 0.3) is 0 Å². The van der Waals surface area contributed by atoms with Gasteiger partial charge < -0.3 is 9.80 Å². The van der Waals surface area contributed by atoms with Crippen LogP contribution in [0.1, 0.15) is 53.4 Å². The first-order valence-corrected chi connectivity index (χ1v) is 14.6. The summed E-state index contributed by atoms with van der Waals surface area (Å²) >= 11 is 10.1. The van der Waals surface area contributed by atoms with E-state index in [-0.39, 0.29) is 26.2 Å². The zero-order chi connectivity index (χ0) is 26.2. The van der Waals surface area contributed by atoms with Crippen LogP contribution in [-0.2, 0) is 26.2 Å². The molecule has 2 nitrogen and oxygen atoms in total. The molecule has 0 aromatic heterocycles. The fraction of sp³-hybridized carbons (Fsp3) is 0.438. The molecule has 0 amide bonds. The van der Waals surface area contributed by atoms with E-state index in [1.807, 2.05) is 0 Å². The molecule has 0 atom stereocenters. The molecule has 0 fully saturated rings. The molecule has 0 spiro atoms. The molecular weight excluding hydrogens is 574 g/mol. The molecule has 200 valence electrons. The summed E-state index contributed by atoms with van der Waals surface area (Å²) in [5.41, 5.74) is 2.73. The van der Waals surface area contributed by atoms with Gasteiger partial charge in [-0.3, -0.25) is 0 Å². The molecule has 0 heterocycles. The third-order valence-corrected chi connectivity index (χ3v) is 6.59. The van der Waals surface area contributed by atoms with Crippen LogP contribution in [-0.4, -0.2) is 37.9 Å². The second kappa shape index (κ2) is 19.7. The number of anilines is 2. The second-order valence-electron chi connectivity index (χ2n) is 9.03. The summed E-state index contributed by atoms with van der Waals surface area (Å²) in [7, 11) is 0. The first-order valence-electron chi connectivity index (χ1n) is 13.5. The Bertz CT molecular complexity index is 1000. The predicted molar refractivity (Wildman–Crippen MR) is 166 cm³/mol. The summed E-state index contributed by atoms with van der Waals surface area (Å²) in [5.74, 6) is 1.11. The summed E-state index contributed by atoms with van der Waals surface area (Å²) in [6.45, 7) is 13.6. The van der Waals surface area contributed by atoms with Gasteiger partial charge in [-0.2, -0.15) is 24.3 Å². The summed E-state index contributed by atoms with van der Waals surface area (Å²) in [5, 5.41) is 5.40. The van der Waals surface area contributed by atoms with Crippen molar-refractivity contribution in [1.29, 1.82) is 0 Å². The molecule has 4 rings (SSSR count). The van der Waals surface area contributed by atoms with E-state index < -0.39 is 0 Å². The van der Waals surface area contributed by atoms with Crippen LogP contribution in [0.25, 0.3) is 21.5 Å². The number of fused-ring (bicyclic) bond motifs is 2. The van der Waals surface area contributed by atoms with E-state index in [9.17, 15) is 0 Å². The van der Waals surface area contributed by atoms with Crippen molar-refractivity contribution in [3.8, 4) is 0 Å². The standard InChI is InChI=1S/2C15H20N.C2H4Cl2.Zr/c2*1-3-10-16(11-4-2)15-9-8-13-6-5-7-14(13)12-15;3-1-2-4;/h2*5-9,12H,3-4,10-11H2,1-2H3;1-2H2;/q2*-1;;+2. The molecule has 0 aliphatic carbocycles. The SMILES string of the molecule is CCCN(CCC)c1ccc2cc[cH-]c2c1.CCCN(CCC)c1ccc2cc[cH-]c2c1.ClCCCl.[Zr+2]. The zero-order valence-corrected chi connectivity index (χ0v) is 27.1. The van der Waals surface area contributed by atoms with Crippen molar-refractivity contribution in [1.82, 2.24) is 0 Å². The number of nitrogens with zero attached hydrogens (tertiary/aromatic N) is 2. The van der Waals surface area contributed by atoms with Crippen molar-refractivity contribution in [3.63, 3.8) is 0 Å². The molecule has 0 N–H and O–H groups in total. The first-order chi connectivity index (χ1) is 17.6. The van der Waals surface area contributed by atoms with Gasteiger partial charge in [0.15, 0.2) is 0 Å². The molecule has 0 unspecified atom stereocenters. The van der Waals surface area contributed by atoms with Crippen LogP contribution in [0.4, 0.5) is 11.4 Å². The minimum Gasteiger partial charge on any atom is -0.379 e. The van der Waals surface area contributed by atoms with Gasteiger partial charge in [-0.15, -0.1) is 81.1 Å². The summed E-state index contributed by atoms with van der Waals surface area (Å²) < 4.78 is 0. The van der Waals surface area contributed by atoms with E-state index in [1.165, 1.54) is 58.6 Å². The number of halogens is 2. The van der Waals surface area contributed by atoms with Gasteiger partial charge in [-0.05, 0) is 37.1 Å².